The van der Waals surface area contributed by atoms with Crippen LogP contribution in [0.4, 0.5) is 55.3 Å². The maximum Gasteiger partial charge on any atom is 0.417 e. The minimum Gasteiger partial charge on any atom is -0.480 e. The molecule has 5 heterocycles. The minimum atomic E-state index is -4.86. The van der Waals surface area contributed by atoms with Gasteiger partial charge < -0.3 is 34.3 Å². The number of carboxylic acids is 2. The van der Waals surface area contributed by atoms with Crippen molar-refractivity contribution in [3.05, 3.63) is 117 Å². The molecule has 0 unspecified atom stereocenters. The average Bonchev–Trinajstić information content (AvgIpc) is 3.73. The van der Waals surface area contributed by atoms with E-state index in [2.05, 4.69) is 10.3 Å². The zero-order valence-electron chi connectivity index (χ0n) is 35.3. The fourth-order valence-corrected chi connectivity index (χ4v) is 8.31. The van der Waals surface area contributed by atoms with Crippen LogP contribution in [-0.4, -0.2) is 79.4 Å². The highest BCUT2D eigenvalue weighted by Crippen LogP contribution is 2.38. The number of carbonyl (C=O) groups is 3. The molecule has 3 atom stereocenters. The monoisotopic (exact) mass is 940 g/mol. The number of pyridine rings is 2. The molecule has 2 aromatic carbocycles. The number of nitrogens with zero attached hydrogens (tertiary/aromatic N) is 5. The highest BCUT2D eigenvalue weighted by molar-refractivity contribution is 5.97. The standard InChI is InChI=1S/C31H30F5N5O4.C13H12F5NO2/c1-16-6-4-5-10-40(16)19-13-22(32)26(23(33)14-19)28(42)38-24(30(44)45)15-18-7-8-20(27-37-9-11-41(18)27)25-21(31(34,35)36)12-17(2)39(3)29(25)43;14-8-5-7(6-9(15)11(8)12(20)21)19-4-2-1-3-10(19)13(16,17)18/h7-9,11-14,16,24H,4-6,10,15H2,1-3H3,(H,38,42)(H,44,45);5-6,10H,1-4H2,(H,20,21)/t16-,24-;10-/m01/s1. The van der Waals surface area contributed by atoms with Gasteiger partial charge in [0.2, 0.25) is 0 Å². The molecule has 7 rings (SSSR count). The molecule has 0 saturated carbocycles. The van der Waals surface area contributed by atoms with Gasteiger partial charge >= 0.3 is 24.3 Å². The van der Waals surface area contributed by atoms with Crippen LogP contribution >= 0.6 is 0 Å². The van der Waals surface area contributed by atoms with Crippen molar-refractivity contribution in [2.45, 2.75) is 89.3 Å². The van der Waals surface area contributed by atoms with Crippen molar-refractivity contribution in [2.75, 3.05) is 22.9 Å². The fraction of sp³-hybridized carbons (Fsp3) is 0.386. The van der Waals surface area contributed by atoms with Gasteiger partial charge in [-0.25, -0.2) is 32.1 Å². The molecule has 0 aliphatic carbocycles. The topological polar surface area (TPSA) is 149 Å². The number of anilines is 2. The molecule has 5 aromatic rings. The lowest BCUT2D eigenvalue weighted by molar-refractivity contribution is -0.152. The van der Waals surface area contributed by atoms with E-state index in [0.717, 1.165) is 46.9 Å². The van der Waals surface area contributed by atoms with E-state index < -0.39 is 99.8 Å². The Bertz CT molecular complexity index is 2690. The maximum absolute atomic E-state index is 15.1. The van der Waals surface area contributed by atoms with Crippen molar-refractivity contribution in [3.8, 4) is 11.1 Å². The maximum atomic E-state index is 15.1. The van der Waals surface area contributed by atoms with Crippen molar-refractivity contribution in [3.63, 3.8) is 0 Å². The lowest BCUT2D eigenvalue weighted by Gasteiger charge is -2.38. The number of hydrogen-bond donors (Lipinski definition) is 3. The molecule has 0 bridgehead atoms. The second-order valence-electron chi connectivity index (χ2n) is 16.0. The number of benzene rings is 2. The summed E-state index contributed by atoms with van der Waals surface area (Å²) in [6, 6.07) is 3.30. The predicted molar refractivity (Wildman–Crippen MR) is 220 cm³/mol. The highest BCUT2D eigenvalue weighted by atomic mass is 19.4. The zero-order valence-corrected chi connectivity index (χ0v) is 35.3. The molecule has 2 saturated heterocycles. The van der Waals surface area contributed by atoms with Crippen molar-refractivity contribution in [2.24, 2.45) is 7.05 Å². The number of aliphatic carboxylic acids is 1. The summed E-state index contributed by atoms with van der Waals surface area (Å²) >= 11 is 0. The number of carbonyl (C=O) groups excluding carboxylic acids is 1. The number of aryl methyl sites for hydroxylation is 1. The van der Waals surface area contributed by atoms with Crippen molar-refractivity contribution < 1.29 is 68.5 Å². The summed E-state index contributed by atoms with van der Waals surface area (Å²) in [5.41, 5.74) is -4.72. The summed E-state index contributed by atoms with van der Waals surface area (Å²) < 4.78 is 141. The van der Waals surface area contributed by atoms with Crippen LogP contribution in [0.3, 0.4) is 0 Å². The third kappa shape index (κ3) is 10.1. The number of fused-ring (bicyclic) bond motifs is 1. The van der Waals surface area contributed by atoms with Crippen LogP contribution in [0.5, 0.6) is 0 Å². The first-order valence-corrected chi connectivity index (χ1v) is 20.5. The second kappa shape index (κ2) is 19.1. The van der Waals surface area contributed by atoms with Crippen LogP contribution in [0, 0.1) is 30.2 Å². The Morgan fingerprint density at radius 3 is 1.92 bits per heavy atom. The molecule has 1 amide bonds. The van der Waals surface area contributed by atoms with E-state index in [-0.39, 0.29) is 53.0 Å². The number of rotatable bonds is 9. The van der Waals surface area contributed by atoms with E-state index in [1.54, 1.807) is 0 Å². The summed E-state index contributed by atoms with van der Waals surface area (Å²) in [7, 11) is 1.34. The van der Waals surface area contributed by atoms with Crippen LogP contribution in [-0.2, 0) is 24.4 Å². The second-order valence-corrected chi connectivity index (χ2v) is 16.0. The first kappa shape index (κ1) is 48.8. The van der Waals surface area contributed by atoms with Crippen molar-refractivity contribution >= 4 is 34.9 Å². The van der Waals surface area contributed by atoms with Gasteiger partial charge in [-0.2, -0.15) is 26.3 Å². The Labute approximate surface area is 369 Å². The third-order valence-corrected chi connectivity index (χ3v) is 11.7. The molecule has 3 aromatic heterocycles. The number of aromatic carboxylic acids is 1. The van der Waals surface area contributed by atoms with Crippen LogP contribution in [0.15, 0.2) is 59.7 Å². The minimum absolute atomic E-state index is 0.00940. The molecule has 22 heteroatoms. The zero-order chi connectivity index (χ0) is 48.6. The number of piperidine rings is 2. The normalized spacial score (nSPS) is 17.3. The lowest BCUT2D eigenvalue weighted by atomic mass is 9.99. The van der Waals surface area contributed by atoms with Gasteiger partial charge in [-0.1, -0.05) is 0 Å². The molecule has 354 valence electrons. The summed E-state index contributed by atoms with van der Waals surface area (Å²) in [6.45, 7) is 3.92. The number of imidazole rings is 1. The molecule has 0 spiro atoms. The molecular formula is C44H42F10N6O6. The smallest absolute Gasteiger partial charge is 0.417 e. The predicted octanol–water partition coefficient (Wildman–Crippen LogP) is 8.69. The largest absolute Gasteiger partial charge is 0.480 e. The van der Waals surface area contributed by atoms with Gasteiger partial charge in [0.15, 0.2) is 0 Å². The highest BCUT2D eigenvalue weighted by Gasteiger charge is 2.45. The molecular weight excluding hydrogens is 898 g/mol. The molecule has 12 nitrogen and oxygen atoms in total. The van der Waals surface area contributed by atoms with Crippen LogP contribution in [0.1, 0.15) is 83.1 Å². The van der Waals surface area contributed by atoms with E-state index in [9.17, 15) is 59.4 Å². The first-order chi connectivity index (χ1) is 30.9. The number of hydrogen-bond acceptors (Lipinski definition) is 7. The summed E-state index contributed by atoms with van der Waals surface area (Å²) in [5, 5.41) is 20.7. The molecule has 2 aliphatic rings. The van der Waals surface area contributed by atoms with E-state index in [1.807, 2.05) is 11.8 Å². The summed E-state index contributed by atoms with van der Waals surface area (Å²) in [5.74, 6) is -9.67. The van der Waals surface area contributed by atoms with Gasteiger partial charge in [0.25, 0.3) is 11.5 Å². The van der Waals surface area contributed by atoms with Crippen molar-refractivity contribution in [1.29, 1.82) is 0 Å². The number of aromatic nitrogens is 3. The molecule has 0 radical (unpaired) electrons. The lowest BCUT2D eigenvalue weighted by Crippen LogP contribution is -2.48. The number of alkyl halides is 6. The van der Waals surface area contributed by atoms with Crippen LogP contribution in [0.2, 0.25) is 0 Å². The molecule has 3 N–H and O–H groups in total. The molecule has 66 heavy (non-hydrogen) atoms. The van der Waals surface area contributed by atoms with Gasteiger partial charge in [-0.15, -0.1) is 0 Å². The van der Waals surface area contributed by atoms with E-state index in [0.29, 0.717) is 31.5 Å². The number of nitrogens with one attached hydrogen (secondary N) is 1. The number of carboxylic acid groups (broad SMARTS) is 2. The number of halogens is 10. The Morgan fingerprint density at radius 1 is 0.818 bits per heavy atom. The Kier molecular flexibility index (Phi) is 14.1. The Balaban J connectivity index is 0.000000286. The van der Waals surface area contributed by atoms with Gasteiger partial charge in [-0.05, 0) is 94.8 Å². The Morgan fingerprint density at radius 2 is 1.38 bits per heavy atom. The van der Waals surface area contributed by atoms with Crippen molar-refractivity contribution in [1.82, 2.24) is 19.3 Å². The molecule has 2 aliphatic heterocycles. The number of amides is 1. The van der Waals surface area contributed by atoms with Gasteiger partial charge in [-0.3, -0.25) is 9.59 Å². The van der Waals surface area contributed by atoms with Gasteiger partial charge in [0.1, 0.15) is 52.1 Å². The van der Waals surface area contributed by atoms with E-state index >= 15 is 8.78 Å². The summed E-state index contributed by atoms with van der Waals surface area (Å²) in [4.78, 5) is 55.7. The summed E-state index contributed by atoms with van der Waals surface area (Å²) in [6.07, 6.45) is -3.80. The van der Waals surface area contributed by atoms with Gasteiger partial charge in [0.05, 0.1) is 11.1 Å². The van der Waals surface area contributed by atoms with Crippen LogP contribution < -0.4 is 20.7 Å². The molecule has 2 fully saturated rings. The SMILES string of the molecule is Cc1cc(C(F)(F)F)c(-c2ccc(C[C@H](NC(=O)c3c(F)cc(N4CCCC[C@@H]4C)cc3F)C(=O)O)n3ccnc23)c(=O)n1C.O=C(O)c1c(F)cc(N2CCCC[C@@H]2C(F)(F)F)cc1F. The van der Waals surface area contributed by atoms with Gasteiger partial charge in [0, 0.05) is 73.3 Å². The van der Waals surface area contributed by atoms with E-state index in [1.165, 1.54) is 42.9 Å². The fourth-order valence-electron chi connectivity index (χ4n) is 8.31. The first-order valence-electron chi connectivity index (χ1n) is 20.5. The average molecular weight is 941 g/mol. The van der Waals surface area contributed by atoms with Crippen LogP contribution in [0.25, 0.3) is 16.8 Å². The third-order valence-electron chi connectivity index (χ3n) is 11.7. The Hall–Kier alpha value is -6.61. The quantitative estimate of drug-likeness (QED) is 0.124. The van der Waals surface area contributed by atoms with E-state index in [4.69, 9.17) is 5.11 Å².